The van der Waals surface area contributed by atoms with Crippen molar-refractivity contribution in [3.8, 4) is 17.3 Å². The Morgan fingerprint density at radius 3 is 2.82 bits per heavy atom. The fourth-order valence-electron chi connectivity index (χ4n) is 4.44. The van der Waals surface area contributed by atoms with Crippen LogP contribution in [0.15, 0.2) is 31.1 Å². The number of imidazole rings is 2. The van der Waals surface area contributed by atoms with Gasteiger partial charge in [-0.1, -0.05) is 0 Å². The maximum Gasteiger partial charge on any atom is 0.272 e. The minimum Gasteiger partial charge on any atom is -0.481 e. The Kier molecular flexibility index (Phi) is 5.60. The highest BCUT2D eigenvalue weighted by atomic mass is 16.5. The van der Waals surface area contributed by atoms with Gasteiger partial charge < -0.3 is 24.1 Å². The summed E-state index contributed by atoms with van der Waals surface area (Å²) in [5.41, 5.74) is 3.86. The minimum absolute atomic E-state index is 0.0166. The lowest BCUT2D eigenvalue weighted by Crippen LogP contribution is -2.32. The van der Waals surface area contributed by atoms with Crippen molar-refractivity contribution >= 4 is 22.9 Å². The van der Waals surface area contributed by atoms with Crippen LogP contribution in [-0.4, -0.2) is 71.1 Å². The maximum absolute atomic E-state index is 12.8. The molecule has 1 fully saturated rings. The standard InChI is InChI=1S/C23H27N9O2/c1-5-32-20(15-8-14(2)22(34-4)25-9-15)29-18-19(26-12-27-21(18)32)28-16-6-7-31(11-16)23(33)17-10-24-13-30(17)3/h8-10,12-13,16H,5-7,11H2,1-4H3,(H,26,27,28). The first-order chi connectivity index (χ1) is 16.5. The van der Waals surface area contributed by atoms with Crippen LogP contribution in [-0.2, 0) is 13.6 Å². The first-order valence-corrected chi connectivity index (χ1v) is 11.2. The molecule has 1 aliphatic heterocycles. The zero-order valence-corrected chi connectivity index (χ0v) is 19.7. The Morgan fingerprint density at radius 1 is 1.26 bits per heavy atom. The third kappa shape index (κ3) is 3.72. The third-order valence-electron chi connectivity index (χ3n) is 6.18. The summed E-state index contributed by atoms with van der Waals surface area (Å²) in [6, 6.07) is 2.08. The number of amides is 1. The number of anilines is 1. The third-order valence-corrected chi connectivity index (χ3v) is 6.18. The average molecular weight is 462 g/mol. The molecule has 1 atom stereocenters. The van der Waals surface area contributed by atoms with Crippen LogP contribution in [0.1, 0.15) is 29.4 Å². The molecule has 0 aromatic carbocycles. The normalized spacial score (nSPS) is 15.8. The van der Waals surface area contributed by atoms with Crippen LogP contribution in [0.2, 0.25) is 0 Å². The van der Waals surface area contributed by atoms with E-state index in [1.807, 2.05) is 24.9 Å². The summed E-state index contributed by atoms with van der Waals surface area (Å²) >= 11 is 0. The minimum atomic E-state index is -0.0166. The second-order valence-electron chi connectivity index (χ2n) is 8.40. The summed E-state index contributed by atoms with van der Waals surface area (Å²) in [4.78, 5) is 37.0. The van der Waals surface area contributed by atoms with Crippen molar-refractivity contribution in [2.45, 2.75) is 32.9 Å². The Balaban J connectivity index is 1.42. The molecule has 1 saturated heterocycles. The van der Waals surface area contributed by atoms with Gasteiger partial charge in [0.25, 0.3) is 5.91 Å². The quantitative estimate of drug-likeness (QED) is 0.465. The van der Waals surface area contributed by atoms with E-state index in [0.29, 0.717) is 42.5 Å². The Labute approximate surface area is 196 Å². The molecule has 1 amide bonds. The molecule has 0 radical (unpaired) electrons. The van der Waals surface area contributed by atoms with Gasteiger partial charge in [-0.15, -0.1) is 0 Å². The number of aromatic nitrogens is 7. The van der Waals surface area contributed by atoms with Crippen molar-refractivity contribution in [3.05, 3.63) is 42.4 Å². The van der Waals surface area contributed by atoms with Gasteiger partial charge in [-0.05, 0) is 26.3 Å². The first-order valence-electron chi connectivity index (χ1n) is 11.2. The SMILES string of the molecule is CCn1c(-c2cnc(OC)c(C)c2)nc2c(NC3CCN(C(=O)c4cncn4C)C3)ncnc21. The number of aryl methyl sites for hydroxylation is 3. The van der Waals surface area contributed by atoms with E-state index >= 15 is 0 Å². The van der Waals surface area contributed by atoms with Crippen molar-refractivity contribution in [2.75, 3.05) is 25.5 Å². The van der Waals surface area contributed by atoms with E-state index < -0.39 is 0 Å². The molecule has 176 valence electrons. The molecular formula is C23H27N9O2. The molecule has 34 heavy (non-hydrogen) atoms. The number of hydrogen-bond acceptors (Lipinski definition) is 8. The van der Waals surface area contributed by atoms with Crippen LogP contribution in [0.5, 0.6) is 5.88 Å². The molecule has 5 rings (SSSR count). The predicted octanol–water partition coefficient (Wildman–Crippen LogP) is 2.29. The highest BCUT2D eigenvalue weighted by Crippen LogP contribution is 2.29. The number of carbonyl (C=O) groups is 1. The number of nitrogens with one attached hydrogen (secondary N) is 1. The van der Waals surface area contributed by atoms with Crippen molar-refractivity contribution in [1.29, 1.82) is 0 Å². The monoisotopic (exact) mass is 461 g/mol. The Bertz CT molecular complexity index is 1360. The van der Waals surface area contributed by atoms with Gasteiger partial charge in [0.05, 0.1) is 19.6 Å². The molecule has 5 heterocycles. The van der Waals surface area contributed by atoms with E-state index in [1.54, 1.807) is 36.7 Å². The molecule has 1 N–H and O–H groups in total. The fraction of sp³-hybridized carbons (Fsp3) is 0.391. The molecule has 0 saturated carbocycles. The smallest absolute Gasteiger partial charge is 0.272 e. The lowest BCUT2D eigenvalue weighted by atomic mass is 10.2. The Hall–Kier alpha value is -4.02. The van der Waals surface area contributed by atoms with E-state index in [0.717, 1.165) is 29.0 Å². The summed E-state index contributed by atoms with van der Waals surface area (Å²) in [6.45, 7) is 5.96. The van der Waals surface area contributed by atoms with E-state index in [1.165, 1.54) is 0 Å². The van der Waals surface area contributed by atoms with Gasteiger partial charge in [0, 0.05) is 50.0 Å². The van der Waals surface area contributed by atoms with Gasteiger partial charge in [0.15, 0.2) is 17.0 Å². The number of ether oxygens (including phenoxy) is 1. The highest BCUT2D eigenvalue weighted by Gasteiger charge is 2.29. The van der Waals surface area contributed by atoms with Gasteiger partial charge in [-0.2, -0.15) is 0 Å². The first kappa shape index (κ1) is 21.8. The maximum atomic E-state index is 12.8. The molecule has 4 aromatic heterocycles. The van der Waals surface area contributed by atoms with Crippen molar-refractivity contribution in [3.63, 3.8) is 0 Å². The van der Waals surface area contributed by atoms with Crippen LogP contribution < -0.4 is 10.1 Å². The van der Waals surface area contributed by atoms with Crippen molar-refractivity contribution in [1.82, 2.24) is 39.0 Å². The second-order valence-corrected chi connectivity index (χ2v) is 8.40. The van der Waals surface area contributed by atoms with E-state index in [4.69, 9.17) is 9.72 Å². The lowest BCUT2D eigenvalue weighted by Gasteiger charge is -2.17. The van der Waals surface area contributed by atoms with Gasteiger partial charge in [-0.25, -0.2) is 24.9 Å². The zero-order chi connectivity index (χ0) is 23.8. The topological polar surface area (TPSA) is 116 Å². The number of fused-ring (bicyclic) bond motifs is 1. The molecule has 11 heteroatoms. The van der Waals surface area contributed by atoms with Crippen molar-refractivity contribution in [2.24, 2.45) is 7.05 Å². The van der Waals surface area contributed by atoms with Gasteiger partial charge in [0.2, 0.25) is 5.88 Å². The van der Waals surface area contributed by atoms with Crippen LogP contribution in [0, 0.1) is 6.92 Å². The van der Waals surface area contributed by atoms with Gasteiger partial charge in [0.1, 0.15) is 17.8 Å². The average Bonchev–Trinajstić information content (AvgIpc) is 3.57. The summed E-state index contributed by atoms with van der Waals surface area (Å²) in [5.74, 6) is 2.02. The molecule has 4 aromatic rings. The van der Waals surface area contributed by atoms with Crippen LogP contribution >= 0.6 is 0 Å². The number of methoxy groups -OCH3 is 1. The molecule has 0 spiro atoms. The number of carbonyl (C=O) groups excluding carboxylic acids is 1. The molecule has 0 bridgehead atoms. The second kappa shape index (κ2) is 8.73. The molecule has 0 aliphatic carbocycles. The van der Waals surface area contributed by atoms with E-state index in [9.17, 15) is 4.79 Å². The zero-order valence-electron chi connectivity index (χ0n) is 19.7. The molecule has 1 unspecified atom stereocenters. The number of rotatable bonds is 6. The van der Waals surface area contributed by atoms with Crippen LogP contribution in [0.3, 0.4) is 0 Å². The summed E-state index contributed by atoms with van der Waals surface area (Å²) in [5, 5.41) is 3.50. The predicted molar refractivity (Wildman–Crippen MR) is 127 cm³/mol. The van der Waals surface area contributed by atoms with Gasteiger partial charge >= 0.3 is 0 Å². The van der Waals surface area contributed by atoms with E-state index in [2.05, 4.69) is 36.7 Å². The Morgan fingerprint density at radius 2 is 2.12 bits per heavy atom. The molecular weight excluding hydrogens is 434 g/mol. The van der Waals surface area contributed by atoms with Gasteiger partial charge in [-0.3, -0.25) is 4.79 Å². The number of pyridine rings is 1. The number of hydrogen-bond donors (Lipinski definition) is 1. The fourth-order valence-corrected chi connectivity index (χ4v) is 4.44. The van der Waals surface area contributed by atoms with Crippen LogP contribution in [0.25, 0.3) is 22.6 Å². The largest absolute Gasteiger partial charge is 0.481 e. The highest BCUT2D eigenvalue weighted by molar-refractivity contribution is 5.92. The molecule has 1 aliphatic rings. The summed E-state index contributed by atoms with van der Waals surface area (Å²) in [7, 11) is 3.43. The summed E-state index contributed by atoms with van der Waals surface area (Å²) in [6.07, 6.45) is 7.37. The molecule has 11 nitrogen and oxygen atoms in total. The lowest BCUT2D eigenvalue weighted by molar-refractivity contribution is 0.0782. The van der Waals surface area contributed by atoms with E-state index in [-0.39, 0.29) is 11.9 Å². The number of likely N-dealkylation sites (tertiary alicyclic amines) is 1. The van der Waals surface area contributed by atoms with Crippen molar-refractivity contribution < 1.29 is 9.53 Å². The summed E-state index contributed by atoms with van der Waals surface area (Å²) < 4.78 is 9.09. The number of nitrogens with zero attached hydrogens (tertiary/aromatic N) is 8. The van der Waals surface area contributed by atoms with Crippen LogP contribution in [0.4, 0.5) is 5.82 Å².